The second-order valence-electron chi connectivity index (χ2n) is 5.77. The van der Waals surface area contributed by atoms with E-state index in [1.54, 1.807) is 6.92 Å². The molecule has 0 spiro atoms. The lowest BCUT2D eigenvalue weighted by atomic mass is 10.1. The minimum atomic E-state index is -0.686. The molecule has 1 aliphatic rings. The lowest BCUT2D eigenvalue weighted by Crippen LogP contribution is -2.22. The minimum absolute atomic E-state index is 0.154. The number of esters is 2. The smallest absolute Gasteiger partial charge is 0.341 e. The van der Waals surface area contributed by atoms with Crippen molar-refractivity contribution in [3.8, 4) is 0 Å². The number of ether oxygens (including phenoxy) is 2. The van der Waals surface area contributed by atoms with E-state index in [2.05, 4.69) is 10.3 Å². The molecule has 0 bridgehead atoms. The third-order valence-electron chi connectivity index (χ3n) is 3.95. The standard InChI is InChI=1S/C18H17ClN2O5S/c1-2-25-18(24)15-11-4-3-5-12(11)27-16(15)21-14(22)9-26-17(23)10-6-7-20-13(19)8-10/h6-8H,2-5,9H2,1H3,(H,21,22). The number of rotatable bonds is 6. The van der Waals surface area contributed by atoms with Gasteiger partial charge in [0.2, 0.25) is 0 Å². The molecule has 1 amide bonds. The highest BCUT2D eigenvalue weighted by Gasteiger charge is 2.28. The molecule has 0 fully saturated rings. The number of anilines is 1. The summed E-state index contributed by atoms with van der Waals surface area (Å²) in [4.78, 5) is 41.3. The summed E-state index contributed by atoms with van der Waals surface area (Å²) in [6, 6.07) is 2.79. The van der Waals surface area contributed by atoms with Crippen LogP contribution < -0.4 is 5.32 Å². The molecule has 3 rings (SSSR count). The molecule has 0 radical (unpaired) electrons. The Morgan fingerprint density at radius 2 is 2.07 bits per heavy atom. The van der Waals surface area contributed by atoms with Crippen molar-refractivity contribution in [3.63, 3.8) is 0 Å². The Kier molecular flexibility index (Phi) is 6.08. The zero-order chi connectivity index (χ0) is 19.4. The van der Waals surface area contributed by atoms with E-state index in [-0.39, 0.29) is 17.3 Å². The summed E-state index contributed by atoms with van der Waals surface area (Å²) in [6.45, 7) is 1.50. The van der Waals surface area contributed by atoms with Gasteiger partial charge in [-0.1, -0.05) is 11.6 Å². The summed E-state index contributed by atoms with van der Waals surface area (Å²) in [5, 5.41) is 3.25. The fourth-order valence-electron chi connectivity index (χ4n) is 2.82. The Bertz CT molecular complexity index is 896. The first kappa shape index (κ1) is 19.3. The zero-order valence-corrected chi connectivity index (χ0v) is 16.1. The fourth-order valence-corrected chi connectivity index (χ4v) is 4.29. The van der Waals surface area contributed by atoms with Gasteiger partial charge in [-0.3, -0.25) is 4.79 Å². The van der Waals surface area contributed by atoms with Gasteiger partial charge in [0.25, 0.3) is 5.91 Å². The van der Waals surface area contributed by atoms with E-state index < -0.39 is 24.5 Å². The van der Waals surface area contributed by atoms with Crippen LogP contribution in [0.1, 0.15) is 44.5 Å². The molecule has 142 valence electrons. The molecular weight excluding hydrogens is 392 g/mol. The summed E-state index contributed by atoms with van der Waals surface area (Å²) >= 11 is 7.09. The molecule has 0 aliphatic heterocycles. The summed E-state index contributed by atoms with van der Waals surface area (Å²) in [6.07, 6.45) is 4.01. The first-order valence-corrected chi connectivity index (χ1v) is 9.59. The Balaban J connectivity index is 1.66. The predicted molar refractivity (Wildman–Crippen MR) is 100 cm³/mol. The van der Waals surface area contributed by atoms with Gasteiger partial charge in [0.15, 0.2) is 6.61 Å². The van der Waals surface area contributed by atoms with Gasteiger partial charge >= 0.3 is 11.9 Å². The van der Waals surface area contributed by atoms with Crippen LogP contribution in [0.25, 0.3) is 0 Å². The van der Waals surface area contributed by atoms with Gasteiger partial charge in [0.05, 0.1) is 17.7 Å². The van der Waals surface area contributed by atoms with Gasteiger partial charge in [0, 0.05) is 11.1 Å². The van der Waals surface area contributed by atoms with Gasteiger partial charge < -0.3 is 14.8 Å². The lowest BCUT2D eigenvalue weighted by Gasteiger charge is -2.08. The summed E-state index contributed by atoms with van der Waals surface area (Å²) < 4.78 is 10.1. The van der Waals surface area contributed by atoms with Crippen molar-refractivity contribution in [2.75, 3.05) is 18.5 Å². The summed E-state index contributed by atoms with van der Waals surface area (Å²) in [5.74, 6) is -1.67. The Hall–Kier alpha value is -2.45. The number of hydrogen-bond donors (Lipinski definition) is 1. The first-order chi connectivity index (χ1) is 13.0. The molecule has 2 heterocycles. The maximum absolute atomic E-state index is 12.3. The monoisotopic (exact) mass is 408 g/mol. The van der Waals surface area contributed by atoms with E-state index in [1.807, 2.05) is 0 Å². The fraction of sp³-hybridized carbons (Fsp3) is 0.333. The van der Waals surface area contributed by atoms with Crippen molar-refractivity contribution in [1.29, 1.82) is 0 Å². The maximum atomic E-state index is 12.3. The van der Waals surface area contributed by atoms with E-state index in [1.165, 1.54) is 29.7 Å². The number of nitrogens with one attached hydrogen (secondary N) is 1. The van der Waals surface area contributed by atoms with Crippen molar-refractivity contribution in [2.24, 2.45) is 0 Å². The minimum Gasteiger partial charge on any atom is -0.462 e. The molecule has 0 saturated carbocycles. The molecule has 7 nitrogen and oxygen atoms in total. The molecule has 27 heavy (non-hydrogen) atoms. The van der Waals surface area contributed by atoms with E-state index in [4.69, 9.17) is 21.1 Å². The van der Waals surface area contributed by atoms with E-state index in [9.17, 15) is 14.4 Å². The molecule has 1 N–H and O–H groups in total. The van der Waals surface area contributed by atoms with Gasteiger partial charge in [-0.25, -0.2) is 14.6 Å². The van der Waals surface area contributed by atoms with Crippen molar-refractivity contribution < 1.29 is 23.9 Å². The molecule has 1 aliphatic carbocycles. The Labute approximate surface area is 164 Å². The molecule has 0 atom stereocenters. The molecule has 2 aromatic rings. The highest BCUT2D eigenvalue weighted by molar-refractivity contribution is 7.17. The highest BCUT2D eigenvalue weighted by atomic mass is 35.5. The number of aryl methyl sites for hydroxylation is 1. The summed E-state index contributed by atoms with van der Waals surface area (Å²) in [7, 11) is 0. The number of halogens is 1. The number of aromatic nitrogens is 1. The molecule has 0 aromatic carbocycles. The number of hydrogen-bond acceptors (Lipinski definition) is 7. The Morgan fingerprint density at radius 3 is 2.81 bits per heavy atom. The third-order valence-corrected chi connectivity index (χ3v) is 5.36. The number of nitrogens with zero attached hydrogens (tertiary/aromatic N) is 1. The number of thiophene rings is 1. The Morgan fingerprint density at radius 1 is 1.26 bits per heavy atom. The highest BCUT2D eigenvalue weighted by Crippen LogP contribution is 2.39. The molecular formula is C18H17ClN2O5S. The SMILES string of the molecule is CCOC(=O)c1c(NC(=O)COC(=O)c2ccnc(Cl)c2)sc2c1CCC2. The molecule has 2 aromatic heterocycles. The van der Waals surface area contributed by atoms with Gasteiger partial charge in [-0.15, -0.1) is 11.3 Å². The second kappa shape index (κ2) is 8.49. The zero-order valence-electron chi connectivity index (χ0n) is 14.5. The number of pyridine rings is 1. The largest absolute Gasteiger partial charge is 0.462 e. The third kappa shape index (κ3) is 4.45. The van der Waals surface area contributed by atoms with Crippen molar-refractivity contribution in [1.82, 2.24) is 4.98 Å². The van der Waals surface area contributed by atoms with Crippen LogP contribution in [0, 0.1) is 0 Å². The van der Waals surface area contributed by atoms with Crippen molar-refractivity contribution in [2.45, 2.75) is 26.2 Å². The number of fused-ring (bicyclic) bond motifs is 1. The van der Waals surface area contributed by atoms with Gasteiger partial charge in [0.1, 0.15) is 10.2 Å². The van der Waals surface area contributed by atoms with E-state index >= 15 is 0 Å². The normalized spacial score (nSPS) is 12.4. The lowest BCUT2D eigenvalue weighted by molar-refractivity contribution is -0.119. The number of carbonyl (C=O) groups is 3. The average Bonchev–Trinajstić information content (AvgIpc) is 3.20. The van der Waals surface area contributed by atoms with Crippen LogP contribution >= 0.6 is 22.9 Å². The van der Waals surface area contributed by atoms with Crippen LogP contribution in [0.4, 0.5) is 5.00 Å². The van der Waals surface area contributed by atoms with Crippen molar-refractivity contribution in [3.05, 3.63) is 45.1 Å². The van der Waals surface area contributed by atoms with Crippen molar-refractivity contribution >= 4 is 45.8 Å². The van der Waals surface area contributed by atoms with Gasteiger partial charge in [-0.05, 0) is 43.9 Å². The second-order valence-corrected chi connectivity index (χ2v) is 7.27. The van der Waals surface area contributed by atoms with Crippen LogP contribution in [0.3, 0.4) is 0 Å². The molecule has 9 heteroatoms. The van der Waals surface area contributed by atoms with Crippen LogP contribution in [0.15, 0.2) is 18.3 Å². The number of carbonyl (C=O) groups excluding carboxylic acids is 3. The summed E-state index contributed by atoms with van der Waals surface area (Å²) in [5.41, 5.74) is 1.55. The molecule has 0 unspecified atom stereocenters. The quantitative estimate of drug-likeness (QED) is 0.582. The van der Waals surface area contributed by atoms with Crippen LogP contribution in [0.5, 0.6) is 0 Å². The van der Waals surface area contributed by atoms with Crippen LogP contribution in [-0.4, -0.2) is 36.0 Å². The van der Waals surface area contributed by atoms with Crippen LogP contribution in [-0.2, 0) is 27.1 Å². The molecule has 0 saturated heterocycles. The topological polar surface area (TPSA) is 94.6 Å². The van der Waals surface area contributed by atoms with E-state index in [0.717, 1.165) is 29.7 Å². The van der Waals surface area contributed by atoms with Crippen LogP contribution in [0.2, 0.25) is 5.15 Å². The van der Waals surface area contributed by atoms with Gasteiger partial charge in [-0.2, -0.15) is 0 Å². The number of amides is 1. The first-order valence-electron chi connectivity index (χ1n) is 8.39. The average molecular weight is 409 g/mol. The van der Waals surface area contributed by atoms with E-state index in [0.29, 0.717) is 10.6 Å². The predicted octanol–water partition coefficient (Wildman–Crippen LogP) is 3.26. The maximum Gasteiger partial charge on any atom is 0.341 e.